The molecule has 0 fully saturated rings. The van der Waals surface area contributed by atoms with Crippen molar-refractivity contribution in [3.05, 3.63) is 0 Å². The molecule has 1 atom stereocenters. The van der Waals surface area contributed by atoms with E-state index in [1.54, 1.807) is 0 Å². The third kappa shape index (κ3) is 3.38. The lowest BCUT2D eigenvalue weighted by Crippen LogP contribution is -2.28. The molecular weight excluding hydrogens is 199 g/mol. The molecule has 0 radical (unpaired) electrons. The maximum Gasteiger partial charge on any atom is 0.407 e. The van der Waals surface area contributed by atoms with Crippen LogP contribution in [0.3, 0.4) is 0 Å². The van der Waals surface area contributed by atoms with Crippen LogP contribution < -0.4 is 0 Å². The quantitative estimate of drug-likeness (QED) is 0.572. The van der Waals surface area contributed by atoms with E-state index in [4.69, 9.17) is 34.8 Å². The molecule has 0 N–H and O–H groups in total. The van der Waals surface area contributed by atoms with Crippen molar-refractivity contribution in [3.8, 4) is 0 Å². The van der Waals surface area contributed by atoms with Gasteiger partial charge in [-0.1, -0.05) is 0 Å². The van der Waals surface area contributed by atoms with Gasteiger partial charge in [-0.05, 0) is 0 Å². The molecule has 0 aromatic carbocycles. The molecule has 0 heterocycles. The zero-order valence-electron chi connectivity index (χ0n) is 3.92. The highest BCUT2D eigenvalue weighted by molar-refractivity contribution is 6.48. The largest absolute Gasteiger partial charge is 0.407 e. The molecule has 56 valence electrons. The van der Waals surface area contributed by atoms with Gasteiger partial charge < -0.3 is 0 Å². The molecule has 0 aliphatic rings. The Labute approximate surface area is 64.9 Å². The summed E-state index contributed by atoms with van der Waals surface area (Å²) in [4.78, 5) is -1.60. The van der Waals surface area contributed by atoms with E-state index in [-0.39, 0.29) is 0 Å². The van der Waals surface area contributed by atoms with Gasteiger partial charge in [-0.25, -0.2) is 0 Å². The van der Waals surface area contributed by atoms with Crippen molar-refractivity contribution in [1.82, 2.24) is 0 Å². The summed E-state index contributed by atoms with van der Waals surface area (Å²) in [5.74, 6) is 0. The molecule has 0 spiro atoms. The number of hydrogen-bond donors (Lipinski definition) is 0. The van der Waals surface area contributed by atoms with Crippen LogP contribution in [0.15, 0.2) is 0 Å². The summed E-state index contributed by atoms with van der Waals surface area (Å²) in [5.41, 5.74) is 0. The van der Waals surface area contributed by atoms with Crippen LogP contribution in [0, 0.1) is 0 Å². The van der Waals surface area contributed by atoms with E-state index in [9.17, 15) is 13.2 Å². The molecule has 0 aromatic heterocycles. The van der Waals surface area contributed by atoms with E-state index in [0.29, 0.717) is 0 Å². The molecule has 0 aromatic rings. The standard InChI is InChI=1S/C3H2Cl3F3/c4-1(2(5)6)3(7,8)9/h1-2H. The highest BCUT2D eigenvalue weighted by Crippen LogP contribution is 2.31. The van der Waals surface area contributed by atoms with Crippen molar-refractivity contribution < 1.29 is 13.2 Å². The Balaban J connectivity index is 3.88. The van der Waals surface area contributed by atoms with Crippen LogP contribution in [0.1, 0.15) is 0 Å². The zero-order valence-corrected chi connectivity index (χ0v) is 6.19. The molecule has 0 amide bonds. The van der Waals surface area contributed by atoms with E-state index in [1.807, 2.05) is 0 Å². The number of halogens is 6. The van der Waals surface area contributed by atoms with Crippen LogP contribution in [-0.2, 0) is 0 Å². The fraction of sp³-hybridized carbons (Fsp3) is 1.00. The predicted octanol–water partition coefficient (Wildman–Crippen LogP) is 2.96. The van der Waals surface area contributed by atoms with E-state index in [0.717, 1.165) is 0 Å². The van der Waals surface area contributed by atoms with Gasteiger partial charge in [-0.3, -0.25) is 0 Å². The normalized spacial score (nSPS) is 16.3. The Morgan fingerprint density at radius 1 is 1.00 bits per heavy atom. The summed E-state index contributed by atoms with van der Waals surface area (Å²) in [6.45, 7) is 0. The third-order valence-electron chi connectivity index (χ3n) is 0.534. The van der Waals surface area contributed by atoms with Crippen LogP contribution in [0.2, 0.25) is 0 Å². The molecule has 6 heteroatoms. The minimum atomic E-state index is -4.52. The Kier molecular flexibility index (Phi) is 3.40. The fourth-order valence-corrected chi connectivity index (χ4v) is 0.429. The van der Waals surface area contributed by atoms with Crippen molar-refractivity contribution in [2.45, 2.75) is 16.4 Å². The summed E-state index contributed by atoms with van der Waals surface area (Å²) in [7, 11) is 0. The van der Waals surface area contributed by atoms with E-state index in [1.165, 1.54) is 0 Å². The topological polar surface area (TPSA) is 0 Å². The number of hydrogen-bond acceptors (Lipinski definition) is 0. The summed E-state index contributed by atoms with van der Waals surface area (Å²) < 4.78 is 34.2. The van der Waals surface area contributed by atoms with Crippen molar-refractivity contribution >= 4 is 34.8 Å². The Bertz CT molecular complexity index is 88.8. The average Bonchev–Trinajstić information content (AvgIpc) is 1.62. The monoisotopic (exact) mass is 200 g/mol. The zero-order chi connectivity index (χ0) is 7.65. The van der Waals surface area contributed by atoms with Gasteiger partial charge in [0.25, 0.3) is 0 Å². The molecule has 0 saturated carbocycles. The molecule has 0 bridgehead atoms. The second kappa shape index (κ2) is 3.17. The van der Waals surface area contributed by atoms with E-state index < -0.39 is 16.4 Å². The lowest BCUT2D eigenvalue weighted by Gasteiger charge is -2.12. The molecule has 0 aliphatic heterocycles. The average molecular weight is 201 g/mol. The van der Waals surface area contributed by atoms with E-state index in [2.05, 4.69) is 0 Å². The molecular formula is C3H2Cl3F3. The molecule has 0 nitrogen and oxygen atoms in total. The second-order valence-corrected chi connectivity index (χ2v) is 2.91. The van der Waals surface area contributed by atoms with Crippen molar-refractivity contribution in [1.29, 1.82) is 0 Å². The van der Waals surface area contributed by atoms with Gasteiger partial charge in [0.15, 0.2) is 5.38 Å². The van der Waals surface area contributed by atoms with Gasteiger partial charge in [0.2, 0.25) is 0 Å². The summed E-state index contributed by atoms with van der Waals surface area (Å²) >= 11 is 14.4. The lowest BCUT2D eigenvalue weighted by molar-refractivity contribution is -0.127. The molecule has 9 heavy (non-hydrogen) atoms. The van der Waals surface area contributed by atoms with E-state index >= 15 is 0 Å². The maximum atomic E-state index is 11.4. The lowest BCUT2D eigenvalue weighted by atomic mass is 10.5. The number of alkyl halides is 6. The van der Waals surface area contributed by atoms with Crippen LogP contribution in [0.5, 0.6) is 0 Å². The Hall–Kier alpha value is 0.660. The van der Waals surface area contributed by atoms with Crippen molar-refractivity contribution in [3.63, 3.8) is 0 Å². The van der Waals surface area contributed by atoms with Crippen molar-refractivity contribution in [2.75, 3.05) is 0 Å². The van der Waals surface area contributed by atoms with Gasteiger partial charge in [0, 0.05) is 0 Å². The third-order valence-corrected chi connectivity index (χ3v) is 1.80. The molecule has 1 unspecified atom stereocenters. The first-order valence-corrected chi connectivity index (χ1v) is 3.15. The first kappa shape index (κ1) is 9.66. The van der Waals surface area contributed by atoms with Gasteiger partial charge in [0.05, 0.1) is 0 Å². The van der Waals surface area contributed by atoms with Crippen LogP contribution in [-0.4, -0.2) is 16.4 Å². The minimum absolute atomic E-state index is 1.60. The van der Waals surface area contributed by atoms with Crippen LogP contribution in [0.4, 0.5) is 13.2 Å². The van der Waals surface area contributed by atoms with Gasteiger partial charge >= 0.3 is 6.18 Å². The minimum Gasteiger partial charge on any atom is -0.169 e. The molecule has 0 aliphatic carbocycles. The molecule has 0 saturated heterocycles. The smallest absolute Gasteiger partial charge is 0.169 e. The Morgan fingerprint density at radius 3 is 1.33 bits per heavy atom. The summed E-state index contributed by atoms with van der Waals surface area (Å²) in [5, 5.41) is -2.18. The van der Waals surface area contributed by atoms with Crippen molar-refractivity contribution in [2.24, 2.45) is 0 Å². The summed E-state index contributed by atoms with van der Waals surface area (Å²) in [6, 6.07) is 0. The summed E-state index contributed by atoms with van der Waals surface area (Å²) in [6.07, 6.45) is -4.52. The number of rotatable bonds is 1. The molecule has 0 rings (SSSR count). The fourth-order valence-electron chi connectivity index (χ4n) is 0.143. The predicted molar refractivity (Wildman–Crippen MR) is 31.2 cm³/mol. The first-order valence-electron chi connectivity index (χ1n) is 1.84. The van der Waals surface area contributed by atoms with Gasteiger partial charge in [-0.2, -0.15) is 13.2 Å². The van der Waals surface area contributed by atoms with Gasteiger partial charge in [-0.15, -0.1) is 34.8 Å². The second-order valence-electron chi connectivity index (χ2n) is 1.28. The Morgan fingerprint density at radius 2 is 1.33 bits per heavy atom. The van der Waals surface area contributed by atoms with Crippen LogP contribution >= 0.6 is 34.8 Å². The first-order chi connectivity index (χ1) is 3.85. The highest BCUT2D eigenvalue weighted by Gasteiger charge is 2.42. The van der Waals surface area contributed by atoms with Crippen LogP contribution in [0.25, 0.3) is 0 Å². The maximum absolute atomic E-state index is 11.4. The SMILES string of the molecule is FC(F)(F)C(Cl)C(Cl)Cl. The van der Waals surface area contributed by atoms with Gasteiger partial charge in [0.1, 0.15) is 4.84 Å². The highest BCUT2D eigenvalue weighted by atomic mass is 35.5.